The van der Waals surface area contributed by atoms with E-state index in [-0.39, 0.29) is 17.0 Å². The fourth-order valence-electron chi connectivity index (χ4n) is 3.17. The fourth-order valence-corrected chi connectivity index (χ4v) is 3.17. The molecule has 0 radical (unpaired) electrons. The van der Waals surface area contributed by atoms with E-state index in [0.29, 0.717) is 12.7 Å². The molecule has 2 saturated heterocycles. The quantitative estimate of drug-likeness (QED) is 0.706. The van der Waals surface area contributed by atoms with Gasteiger partial charge < -0.3 is 20.1 Å². The minimum absolute atomic E-state index is 0.129. The Labute approximate surface area is 101 Å². The summed E-state index contributed by atoms with van der Waals surface area (Å²) >= 11 is 0. The highest BCUT2D eigenvalue weighted by Gasteiger charge is 2.75. The van der Waals surface area contributed by atoms with Crippen molar-refractivity contribution < 1.29 is 14.3 Å². The number of amides is 1. The lowest BCUT2D eigenvalue weighted by Gasteiger charge is -2.32. The lowest BCUT2D eigenvalue weighted by Crippen LogP contribution is -2.57. The minimum atomic E-state index is -0.456. The van der Waals surface area contributed by atoms with Crippen molar-refractivity contribution in [2.75, 3.05) is 19.7 Å². The summed E-state index contributed by atoms with van der Waals surface area (Å²) in [7, 11) is 0. The molecule has 1 aliphatic carbocycles. The molecule has 5 heteroatoms. The third-order valence-electron chi connectivity index (χ3n) is 4.10. The SMILES string of the molecule is CC(C)(C)OC(=O)N[C@]12CNCC13CC3OC2. The third-order valence-corrected chi connectivity index (χ3v) is 4.10. The van der Waals surface area contributed by atoms with E-state index in [4.69, 9.17) is 9.47 Å². The number of rotatable bonds is 1. The van der Waals surface area contributed by atoms with Gasteiger partial charge in [-0.3, -0.25) is 0 Å². The summed E-state index contributed by atoms with van der Waals surface area (Å²) < 4.78 is 11.0. The zero-order valence-corrected chi connectivity index (χ0v) is 10.6. The Balaban J connectivity index is 1.71. The highest BCUT2D eigenvalue weighted by molar-refractivity contribution is 5.69. The van der Waals surface area contributed by atoms with Crippen LogP contribution in [0.1, 0.15) is 27.2 Å². The average molecular weight is 240 g/mol. The van der Waals surface area contributed by atoms with Crippen molar-refractivity contribution in [1.82, 2.24) is 10.6 Å². The number of carbonyl (C=O) groups is 1. The van der Waals surface area contributed by atoms with Crippen LogP contribution in [0.25, 0.3) is 0 Å². The molecule has 3 fully saturated rings. The maximum absolute atomic E-state index is 11.9. The second kappa shape index (κ2) is 3.14. The van der Waals surface area contributed by atoms with Crippen LogP contribution in [0, 0.1) is 5.41 Å². The summed E-state index contributed by atoms with van der Waals surface area (Å²) in [5.74, 6) is 0. The van der Waals surface area contributed by atoms with Gasteiger partial charge >= 0.3 is 6.09 Å². The second-order valence-corrected chi connectivity index (χ2v) is 6.47. The standard InChI is InChI=1S/C12H20N2O3/c1-10(2,3)17-9(15)14-12-6-13-5-11(12)4-8(11)16-7-12/h8,13H,4-7H2,1-3H3,(H,14,15)/t8?,11?,12-/m0/s1. The molecule has 0 bridgehead atoms. The van der Waals surface area contributed by atoms with Crippen molar-refractivity contribution in [1.29, 1.82) is 0 Å². The van der Waals surface area contributed by atoms with Crippen LogP contribution in [0.15, 0.2) is 0 Å². The predicted octanol–water partition coefficient (Wildman–Crippen LogP) is 0.642. The van der Waals surface area contributed by atoms with E-state index in [2.05, 4.69) is 10.6 Å². The fraction of sp³-hybridized carbons (Fsp3) is 0.917. The van der Waals surface area contributed by atoms with Crippen molar-refractivity contribution >= 4 is 6.09 Å². The van der Waals surface area contributed by atoms with Gasteiger partial charge in [-0.1, -0.05) is 0 Å². The molecule has 3 aliphatic rings. The van der Waals surface area contributed by atoms with E-state index < -0.39 is 5.60 Å². The predicted molar refractivity (Wildman–Crippen MR) is 61.8 cm³/mol. The largest absolute Gasteiger partial charge is 0.444 e. The van der Waals surface area contributed by atoms with E-state index in [0.717, 1.165) is 19.5 Å². The molecule has 5 nitrogen and oxygen atoms in total. The Bertz CT molecular complexity index is 361. The first-order chi connectivity index (χ1) is 7.87. The lowest BCUT2D eigenvalue weighted by atomic mass is 9.86. The van der Waals surface area contributed by atoms with Crippen LogP contribution >= 0.6 is 0 Å². The second-order valence-electron chi connectivity index (χ2n) is 6.47. The molecule has 96 valence electrons. The van der Waals surface area contributed by atoms with Gasteiger partial charge in [-0.05, 0) is 27.2 Å². The van der Waals surface area contributed by atoms with Crippen molar-refractivity contribution in [3.63, 3.8) is 0 Å². The molecular weight excluding hydrogens is 220 g/mol. The molecule has 2 unspecified atom stereocenters. The Morgan fingerprint density at radius 1 is 1.47 bits per heavy atom. The first-order valence-corrected chi connectivity index (χ1v) is 6.20. The molecule has 3 rings (SSSR count). The molecule has 2 N–H and O–H groups in total. The van der Waals surface area contributed by atoms with Crippen LogP contribution in [-0.4, -0.2) is 43.0 Å². The van der Waals surface area contributed by atoms with Crippen LogP contribution in [0.3, 0.4) is 0 Å². The summed E-state index contributed by atoms with van der Waals surface area (Å²) in [6.07, 6.45) is 1.04. The Morgan fingerprint density at radius 2 is 2.24 bits per heavy atom. The highest BCUT2D eigenvalue weighted by atomic mass is 16.6. The van der Waals surface area contributed by atoms with Crippen molar-refractivity contribution in [3.05, 3.63) is 0 Å². The molecule has 1 spiro atoms. The highest BCUT2D eigenvalue weighted by Crippen LogP contribution is 2.62. The Morgan fingerprint density at radius 3 is 2.88 bits per heavy atom. The van der Waals surface area contributed by atoms with Crippen molar-refractivity contribution in [2.45, 2.75) is 44.4 Å². The van der Waals surface area contributed by atoms with Crippen LogP contribution in [-0.2, 0) is 9.47 Å². The number of carbonyl (C=O) groups excluding carboxylic acids is 1. The normalized spacial score (nSPS) is 42.9. The molecule has 17 heavy (non-hydrogen) atoms. The van der Waals surface area contributed by atoms with Gasteiger partial charge in [0, 0.05) is 18.5 Å². The molecule has 2 heterocycles. The van der Waals surface area contributed by atoms with Gasteiger partial charge in [0.25, 0.3) is 0 Å². The number of hydrogen-bond acceptors (Lipinski definition) is 4. The van der Waals surface area contributed by atoms with E-state index in [1.807, 2.05) is 20.8 Å². The molecule has 0 aromatic rings. The average Bonchev–Trinajstić information content (AvgIpc) is 2.61. The molecule has 1 amide bonds. The van der Waals surface area contributed by atoms with E-state index in [1.165, 1.54) is 0 Å². The van der Waals surface area contributed by atoms with Crippen LogP contribution in [0.5, 0.6) is 0 Å². The first kappa shape index (κ1) is 11.3. The zero-order chi connectivity index (χ0) is 12.3. The summed E-state index contributed by atoms with van der Waals surface area (Å²) in [5.41, 5.74) is -0.577. The smallest absolute Gasteiger partial charge is 0.408 e. The summed E-state index contributed by atoms with van der Waals surface area (Å²) in [4.78, 5) is 11.9. The van der Waals surface area contributed by atoms with Crippen LogP contribution < -0.4 is 10.6 Å². The third kappa shape index (κ3) is 1.56. The van der Waals surface area contributed by atoms with Gasteiger partial charge in [0.05, 0.1) is 18.2 Å². The molecule has 2 aliphatic heterocycles. The van der Waals surface area contributed by atoms with E-state index in [1.54, 1.807) is 0 Å². The lowest BCUT2D eigenvalue weighted by molar-refractivity contribution is 0.0397. The minimum Gasteiger partial charge on any atom is -0.444 e. The number of ether oxygens (including phenoxy) is 2. The Kier molecular flexibility index (Phi) is 2.09. The van der Waals surface area contributed by atoms with E-state index >= 15 is 0 Å². The molecule has 3 atom stereocenters. The van der Waals surface area contributed by atoms with Gasteiger partial charge in [0.1, 0.15) is 5.60 Å². The maximum atomic E-state index is 11.9. The number of nitrogens with one attached hydrogen (secondary N) is 2. The zero-order valence-electron chi connectivity index (χ0n) is 10.6. The summed E-state index contributed by atoms with van der Waals surface area (Å²) in [6, 6.07) is 0. The molecule has 0 aromatic carbocycles. The molecule has 1 saturated carbocycles. The Hall–Kier alpha value is -0.810. The summed E-state index contributed by atoms with van der Waals surface area (Å²) in [5, 5.41) is 6.41. The van der Waals surface area contributed by atoms with Gasteiger partial charge in [0.15, 0.2) is 0 Å². The van der Waals surface area contributed by atoms with Gasteiger partial charge in [-0.15, -0.1) is 0 Å². The summed E-state index contributed by atoms with van der Waals surface area (Å²) in [6.45, 7) is 7.94. The van der Waals surface area contributed by atoms with Crippen molar-refractivity contribution in [2.24, 2.45) is 5.41 Å². The molecular formula is C12H20N2O3. The van der Waals surface area contributed by atoms with Crippen LogP contribution in [0.2, 0.25) is 0 Å². The van der Waals surface area contributed by atoms with Gasteiger partial charge in [0.2, 0.25) is 0 Å². The topological polar surface area (TPSA) is 59.6 Å². The number of alkyl carbamates (subject to hydrolysis) is 1. The molecule has 0 aromatic heterocycles. The number of hydrogen-bond donors (Lipinski definition) is 2. The van der Waals surface area contributed by atoms with Crippen LogP contribution in [0.4, 0.5) is 4.79 Å². The van der Waals surface area contributed by atoms with Gasteiger partial charge in [-0.2, -0.15) is 0 Å². The monoisotopic (exact) mass is 240 g/mol. The maximum Gasteiger partial charge on any atom is 0.408 e. The van der Waals surface area contributed by atoms with Gasteiger partial charge in [-0.25, -0.2) is 4.79 Å². The van der Waals surface area contributed by atoms with E-state index in [9.17, 15) is 4.79 Å². The van der Waals surface area contributed by atoms with Crippen molar-refractivity contribution in [3.8, 4) is 0 Å². The first-order valence-electron chi connectivity index (χ1n) is 6.20.